The molecule has 5 nitrogen and oxygen atoms in total. The van der Waals surface area contributed by atoms with Crippen molar-refractivity contribution in [3.63, 3.8) is 0 Å². The van der Waals surface area contributed by atoms with Crippen molar-refractivity contribution in [1.29, 1.82) is 0 Å². The average molecular weight is 386 g/mol. The van der Waals surface area contributed by atoms with Crippen molar-refractivity contribution in [1.82, 2.24) is 15.1 Å². The second-order valence-corrected chi connectivity index (χ2v) is 7.24. The normalized spacial score (nSPS) is 14.8. The second-order valence-electron chi connectivity index (χ2n) is 6.80. The Balaban J connectivity index is 1.51. The monoisotopic (exact) mass is 385 g/mol. The lowest BCUT2D eigenvalue weighted by Gasteiger charge is -2.34. The minimum atomic E-state index is -0.0641. The number of piperazine rings is 1. The molecule has 1 saturated heterocycles. The fraction of sp³-hybridized carbons (Fsp3) is 0.333. The summed E-state index contributed by atoms with van der Waals surface area (Å²) in [6, 6.07) is 15.3. The van der Waals surface area contributed by atoms with Gasteiger partial charge in [-0.15, -0.1) is 0 Å². The highest BCUT2D eigenvalue weighted by atomic mass is 35.5. The number of nitrogens with zero attached hydrogens (tertiary/aromatic N) is 2. The van der Waals surface area contributed by atoms with Crippen molar-refractivity contribution in [2.75, 3.05) is 26.2 Å². The first-order valence-electron chi connectivity index (χ1n) is 9.11. The molecule has 0 saturated carbocycles. The van der Waals surface area contributed by atoms with Crippen LogP contribution < -0.4 is 5.32 Å². The van der Waals surface area contributed by atoms with Crippen LogP contribution in [0.4, 0.5) is 0 Å². The molecule has 1 aliphatic rings. The predicted molar refractivity (Wildman–Crippen MR) is 107 cm³/mol. The molecule has 0 unspecified atom stereocenters. The van der Waals surface area contributed by atoms with E-state index in [9.17, 15) is 9.59 Å². The van der Waals surface area contributed by atoms with Crippen molar-refractivity contribution in [3.8, 4) is 0 Å². The first kappa shape index (κ1) is 19.4. The largest absolute Gasteiger partial charge is 0.352 e. The fourth-order valence-electron chi connectivity index (χ4n) is 3.18. The fourth-order valence-corrected chi connectivity index (χ4v) is 3.39. The second kappa shape index (κ2) is 9.02. The van der Waals surface area contributed by atoms with Crippen LogP contribution in [0.25, 0.3) is 0 Å². The number of carbonyl (C=O) groups excluding carboxylic acids is 2. The van der Waals surface area contributed by atoms with E-state index in [4.69, 9.17) is 11.6 Å². The van der Waals surface area contributed by atoms with Crippen molar-refractivity contribution in [3.05, 3.63) is 70.2 Å². The van der Waals surface area contributed by atoms with E-state index >= 15 is 0 Å². The van der Waals surface area contributed by atoms with E-state index in [1.54, 1.807) is 0 Å². The van der Waals surface area contributed by atoms with E-state index in [-0.39, 0.29) is 11.8 Å². The molecule has 0 bridgehead atoms. The van der Waals surface area contributed by atoms with Crippen LogP contribution in [-0.2, 0) is 17.9 Å². The maximum atomic E-state index is 12.7. The summed E-state index contributed by atoms with van der Waals surface area (Å²) in [6.07, 6.45) is 0. The van der Waals surface area contributed by atoms with Gasteiger partial charge in [0.2, 0.25) is 5.91 Å². The first-order chi connectivity index (χ1) is 13.0. The van der Waals surface area contributed by atoms with Gasteiger partial charge < -0.3 is 10.2 Å². The van der Waals surface area contributed by atoms with Gasteiger partial charge in [0.05, 0.1) is 0 Å². The van der Waals surface area contributed by atoms with Crippen molar-refractivity contribution >= 4 is 23.4 Å². The van der Waals surface area contributed by atoms with Crippen LogP contribution in [0.3, 0.4) is 0 Å². The first-order valence-corrected chi connectivity index (χ1v) is 9.48. The lowest BCUT2D eigenvalue weighted by molar-refractivity contribution is -0.119. The van der Waals surface area contributed by atoms with Gasteiger partial charge in [-0.1, -0.05) is 35.9 Å². The summed E-state index contributed by atoms with van der Waals surface area (Å²) in [5, 5.41) is 3.51. The molecule has 0 radical (unpaired) electrons. The number of carbonyl (C=O) groups is 2. The van der Waals surface area contributed by atoms with Crippen LogP contribution >= 0.6 is 11.6 Å². The van der Waals surface area contributed by atoms with Crippen molar-refractivity contribution in [2.24, 2.45) is 0 Å². The number of hydrogen-bond donors (Lipinski definition) is 1. The quantitative estimate of drug-likeness (QED) is 0.861. The van der Waals surface area contributed by atoms with Crippen LogP contribution in [0, 0.1) is 0 Å². The molecule has 2 aromatic rings. The van der Waals surface area contributed by atoms with Gasteiger partial charge in [0, 0.05) is 56.8 Å². The van der Waals surface area contributed by atoms with Crippen molar-refractivity contribution in [2.45, 2.75) is 20.0 Å². The summed E-state index contributed by atoms with van der Waals surface area (Å²) in [5.74, 6) is -0.00530. The Morgan fingerprint density at radius 1 is 1.00 bits per heavy atom. The molecule has 142 valence electrons. The Bertz CT molecular complexity index is 799. The topological polar surface area (TPSA) is 52.7 Å². The predicted octanol–water partition coefficient (Wildman–Crippen LogP) is 2.93. The third-order valence-corrected chi connectivity index (χ3v) is 4.93. The summed E-state index contributed by atoms with van der Waals surface area (Å²) in [7, 11) is 0. The zero-order valence-corrected chi connectivity index (χ0v) is 16.2. The van der Waals surface area contributed by atoms with Crippen LogP contribution in [0.15, 0.2) is 48.5 Å². The van der Waals surface area contributed by atoms with E-state index in [0.29, 0.717) is 25.2 Å². The summed E-state index contributed by atoms with van der Waals surface area (Å²) >= 11 is 6.05. The van der Waals surface area contributed by atoms with E-state index in [2.05, 4.69) is 16.3 Å². The van der Waals surface area contributed by atoms with Crippen molar-refractivity contribution < 1.29 is 9.59 Å². The zero-order valence-electron chi connectivity index (χ0n) is 15.5. The molecule has 2 amide bonds. The molecule has 6 heteroatoms. The molecule has 27 heavy (non-hydrogen) atoms. The van der Waals surface area contributed by atoms with Gasteiger partial charge in [0.1, 0.15) is 0 Å². The molecule has 2 aromatic carbocycles. The Labute approximate surface area is 164 Å². The van der Waals surface area contributed by atoms with Crippen LogP contribution in [0.5, 0.6) is 0 Å². The van der Waals surface area contributed by atoms with Gasteiger partial charge in [0.25, 0.3) is 5.91 Å². The molecular weight excluding hydrogens is 362 g/mol. The van der Waals surface area contributed by atoms with Gasteiger partial charge in [-0.05, 0) is 35.4 Å². The van der Waals surface area contributed by atoms with E-state index in [0.717, 1.165) is 30.2 Å². The molecule has 1 heterocycles. The summed E-state index contributed by atoms with van der Waals surface area (Å²) in [4.78, 5) is 27.9. The number of amides is 2. The molecular formula is C21H24ClN3O2. The maximum Gasteiger partial charge on any atom is 0.253 e. The molecule has 0 aliphatic carbocycles. The minimum absolute atomic E-state index is 0.0588. The van der Waals surface area contributed by atoms with Gasteiger partial charge in [-0.25, -0.2) is 0 Å². The van der Waals surface area contributed by atoms with E-state index in [1.807, 2.05) is 47.4 Å². The van der Waals surface area contributed by atoms with Gasteiger partial charge in [-0.3, -0.25) is 14.5 Å². The number of nitrogens with one attached hydrogen (secondary N) is 1. The van der Waals surface area contributed by atoms with Crippen LogP contribution in [-0.4, -0.2) is 47.8 Å². The molecule has 0 aromatic heterocycles. The molecule has 1 fully saturated rings. The number of benzene rings is 2. The number of rotatable bonds is 5. The SMILES string of the molecule is CC(=O)NCc1ccc(C(=O)N2CCN(Cc3cccc(Cl)c3)CC2)cc1. The third kappa shape index (κ3) is 5.55. The van der Waals surface area contributed by atoms with Gasteiger partial charge in [-0.2, -0.15) is 0 Å². The van der Waals surface area contributed by atoms with E-state index in [1.165, 1.54) is 12.5 Å². The Morgan fingerprint density at radius 3 is 2.33 bits per heavy atom. The average Bonchev–Trinajstić information content (AvgIpc) is 2.67. The summed E-state index contributed by atoms with van der Waals surface area (Å²) in [6.45, 7) is 5.94. The molecule has 1 aliphatic heterocycles. The Morgan fingerprint density at radius 2 is 1.70 bits per heavy atom. The Hall–Kier alpha value is -2.37. The molecule has 1 N–H and O–H groups in total. The molecule has 3 rings (SSSR count). The summed E-state index contributed by atoms with van der Waals surface area (Å²) in [5.41, 5.74) is 2.86. The van der Waals surface area contributed by atoms with Crippen LogP contribution in [0.2, 0.25) is 5.02 Å². The number of hydrogen-bond acceptors (Lipinski definition) is 3. The number of halogens is 1. The highest BCUT2D eigenvalue weighted by molar-refractivity contribution is 6.30. The smallest absolute Gasteiger partial charge is 0.253 e. The van der Waals surface area contributed by atoms with Gasteiger partial charge >= 0.3 is 0 Å². The highest BCUT2D eigenvalue weighted by Crippen LogP contribution is 2.15. The standard InChI is InChI=1S/C21H24ClN3O2/c1-16(26)23-14-17-5-7-19(8-6-17)21(27)25-11-9-24(10-12-25)15-18-3-2-4-20(22)13-18/h2-8,13H,9-12,14-15H2,1H3,(H,23,26). The maximum absolute atomic E-state index is 12.7. The van der Waals surface area contributed by atoms with Crippen LogP contribution in [0.1, 0.15) is 28.4 Å². The minimum Gasteiger partial charge on any atom is -0.352 e. The lowest BCUT2D eigenvalue weighted by atomic mass is 10.1. The molecule has 0 spiro atoms. The Kier molecular flexibility index (Phi) is 6.48. The third-order valence-electron chi connectivity index (χ3n) is 4.70. The van der Waals surface area contributed by atoms with E-state index < -0.39 is 0 Å². The summed E-state index contributed by atoms with van der Waals surface area (Å²) < 4.78 is 0. The zero-order chi connectivity index (χ0) is 19.2. The molecule has 0 atom stereocenters. The highest BCUT2D eigenvalue weighted by Gasteiger charge is 2.22. The lowest BCUT2D eigenvalue weighted by Crippen LogP contribution is -2.48. The van der Waals surface area contributed by atoms with Gasteiger partial charge in [0.15, 0.2) is 0 Å².